The third-order valence-corrected chi connectivity index (χ3v) is 11.1. The van der Waals surface area contributed by atoms with E-state index < -0.39 is 40.8 Å². The van der Waals surface area contributed by atoms with Crippen molar-refractivity contribution in [3.05, 3.63) is 117 Å². The number of esters is 1. The topological polar surface area (TPSA) is 124 Å². The van der Waals surface area contributed by atoms with E-state index in [2.05, 4.69) is 5.32 Å². The summed E-state index contributed by atoms with van der Waals surface area (Å²) >= 11 is 2.10. The van der Waals surface area contributed by atoms with Gasteiger partial charge in [-0.2, -0.15) is 0 Å². The molecule has 1 aromatic heterocycles. The summed E-state index contributed by atoms with van der Waals surface area (Å²) in [6.45, 7) is 1.65. The van der Waals surface area contributed by atoms with Crippen molar-refractivity contribution in [1.29, 1.82) is 0 Å². The van der Waals surface area contributed by atoms with Crippen molar-refractivity contribution in [2.75, 3.05) is 23.9 Å². The predicted octanol–water partition coefficient (Wildman–Crippen LogP) is 5.68. The summed E-state index contributed by atoms with van der Waals surface area (Å²) in [6.07, 6.45) is 0. The van der Waals surface area contributed by atoms with Crippen molar-refractivity contribution in [3.63, 3.8) is 0 Å². The average molecular weight is 680 g/mol. The van der Waals surface area contributed by atoms with E-state index in [9.17, 15) is 24.0 Å². The van der Waals surface area contributed by atoms with Crippen molar-refractivity contribution >= 4 is 68.9 Å². The zero-order chi connectivity index (χ0) is 33.5. The van der Waals surface area contributed by atoms with E-state index in [1.807, 2.05) is 54.6 Å². The number of amides is 3. The largest absolute Gasteiger partial charge is 0.496 e. The molecule has 0 aliphatic carbocycles. The van der Waals surface area contributed by atoms with Crippen molar-refractivity contribution in [2.24, 2.45) is 5.92 Å². The summed E-state index contributed by atoms with van der Waals surface area (Å²) in [5.41, 5.74) is 1.90. The number of carbonyl (C=O) groups is 4. The number of nitrogens with zero attached hydrogens (tertiary/aromatic N) is 2. The lowest BCUT2D eigenvalue weighted by molar-refractivity contribution is -0.122. The monoisotopic (exact) mass is 679 g/mol. The van der Waals surface area contributed by atoms with Crippen molar-refractivity contribution in [2.45, 2.75) is 29.7 Å². The van der Waals surface area contributed by atoms with E-state index in [-0.39, 0.29) is 18.0 Å². The molecule has 2 aliphatic heterocycles. The molecule has 0 radical (unpaired) electrons. The van der Waals surface area contributed by atoms with Crippen LogP contribution >= 0.6 is 23.1 Å². The quantitative estimate of drug-likeness (QED) is 0.164. The summed E-state index contributed by atoms with van der Waals surface area (Å²) in [6, 6.07) is 26.6. The number of para-hydroxylation sites is 1. The van der Waals surface area contributed by atoms with Crippen LogP contribution < -0.4 is 19.8 Å². The van der Waals surface area contributed by atoms with Crippen LogP contribution in [0.4, 0.5) is 11.4 Å². The highest BCUT2D eigenvalue weighted by molar-refractivity contribution is 8.00. The fourth-order valence-corrected chi connectivity index (χ4v) is 9.16. The number of thiazole rings is 1. The Morgan fingerprint density at radius 3 is 2.38 bits per heavy atom. The van der Waals surface area contributed by atoms with Crippen LogP contribution in [0, 0.1) is 5.92 Å². The van der Waals surface area contributed by atoms with Crippen molar-refractivity contribution < 1.29 is 28.7 Å². The second kappa shape index (κ2) is 12.8. The molecular weight excluding hydrogens is 651 g/mol. The number of hydrogen-bond donors (Lipinski definition) is 1. The van der Waals surface area contributed by atoms with Crippen LogP contribution in [0.1, 0.15) is 33.6 Å². The number of aromatic nitrogens is 1. The SMILES string of the molecule is CCOC(=O)c1ccc(N2C(=O)C3Sc4c(sc(=O)n4CC(=O)Nc4cccc5ccccc45)C(c4ccccc4OC)C3C2=O)cc1. The first-order chi connectivity index (χ1) is 23.3. The molecule has 3 heterocycles. The predicted molar refractivity (Wildman–Crippen MR) is 184 cm³/mol. The van der Waals surface area contributed by atoms with Crippen LogP contribution in [-0.2, 0) is 25.7 Å². The molecule has 1 fully saturated rings. The number of fused-ring (bicyclic) bond motifs is 3. The molecule has 0 spiro atoms. The zero-order valence-electron chi connectivity index (χ0n) is 25.9. The van der Waals surface area contributed by atoms with Gasteiger partial charge in [0.15, 0.2) is 0 Å². The molecule has 4 aromatic carbocycles. The molecule has 10 nitrogen and oxygen atoms in total. The third-order valence-electron chi connectivity index (χ3n) is 8.53. The van der Waals surface area contributed by atoms with Crippen LogP contribution in [0.15, 0.2) is 101 Å². The molecule has 48 heavy (non-hydrogen) atoms. The number of carbonyl (C=O) groups excluding carboxylic acids is 4. The van der Waals surface area contributed by atoms with Gasteiger partial charge < -0.3 is 14.8 Å². The van der Waals surface area contributed by atoms with E-state index in [0.717, 1.165) is 38.8 Å². The van der Waals surface area contributed by atoms with Crippen LogP contribution in [-0.4, -0.2) is 47.2 Å². The van der Waals surface area contributed by atoms with Crippen LogP contribution in [0.5, 0.6) is 5.75 Å². The molecule has 3 amide bonds. The lowest BCUT2D eigenvalue weighted by atomic mass is 9.82. The fraction of sp³-hybridized carbons (Fsp3) is 0.194. The number of imide groups is 1. The zero-order valence-corrected chi connectivity index (χ0v) is 27.5. The Labute approximate surface area is 283 Å². The first-order valence-electron chi connectivity index (χ1n) is 15.3. The number of hydrogen-bond acceptors (Lipinski definition) is 9. The molecule has 7 rings (SSSR count). The number of anilines is 2. The second-order valence-corrected chi connectivity index (χ2v) is 13.4. The fourth-order valence-electron chi connectivity index (χ4n) is 6.40. The molecule has 3 unspecified atom stereocenters. The molecular formula is C36H29N3O7S2. The molecule has 3 atom stereocenters. The summed E-state index contributed by atoms with van der Waals surface area (Å²) < 4.78 is 12.1. The molecule has 242 valence electrons. The van der Waals surface area contributed by atoms with Crippen LogP contribution in [0.25, 0.3) is 10.8 Å². The van der Waals surface area contributed by atoms with Gasteiger partial charge in [0.1, 0.15) is 17.5 Å². The standard InChI is InChI=1S/C36H29N3O7S2/c1-3-46-35(43)21-15-17-22(18-16-21)39-32(41)29-28(24-12-6-7-14-26(24)45-2)31-34(47-30(29)33(39)42)38(36(44)48-31)19-27(40)37-25-13-8-10-20-9-4-5-11-23(20)25/h4-18,28-30H,3,19H2,1-2H3,(H,37,40). The smallest absolute Gasteiger partial charge is 0.338 e. The Balaban J connectivity index is 1.26. The van der Waals surface area contributed by atoms with Gasteiger partial charge in [-0.3, -0.25) is 23.7 Å². The van der Waals surface area contributed by atoms with Gasteiger partial charge in [-0.1, -0.05) is 77.7 Å². The Morgan fingerprint density at radius 2 is 1.60 bits per heavy atom. The maximum Gasteiger partial charge on any atom is 0.338 e. The number of ether oxygens (including phenoxy) is 2. The normalized spacial score (nSPS) is 18.4. The van der Waals surface area contributed by atoms with Crippen LogP contribution in [0.3, 0.4) is 0 Å². The van der Waals surface area contributed by atoms with E-state index >= 15 is 0 Å². The minimum atomic E-state index is -0.883. The Hall–Kier alpha value is -5.20. The summed E-state index contributed by atoms with van der Waals surface area (Å²) in [4.78, 5) is 69.0. The maximum atomic E-state index is 14.3. The first-order valence-corrected chi connectivity index (χ1v) is 17.0. The van der Waals surface area contributed by atoms with Gasteiger partial charge in [-0.05, 0) is 48.7 Å². The van der Waals surface area contributed by atoms with E-state index in [0.29, 0.717) is 38.2 Å². The molecule has 0 saturated carbocycles. The molecule has 2 aliphatic rings. The number of nitrogens with one attached hydrogen (secondary N) is 1. The van der Waals surface area contributed by atoms with Gasteiger partial charge in [0.2, 0.25) is 17.7 Å². The highest BCUT2D eigenvalue weighted by atomic mass is 32.2. The van der Waals surface area contributed by atoms with Crippen molar-refractivity contribution in [1.82, 2.24) is 4.57 Å². The second-order valence-electron chi connectivity index (χ2n) is 11.3. The highest BCUT2D eigenvalue weighted by Crippen LogP contribution is 2.55. The molecule has 1 saturated heterocycles. The van der Waals surface area contributed by atoms with E-state index in [4.69, 9.17) is 9.47 Å². The minimum Gasteiger partial charge on any atom is -0.496 e. The lowest BCUT2D eigenvalue weighted by Gasteiger charge is -2.31. The Bertz CT molecular complexity index is 2150. The van der Waals surface area contributed by atoms with Crippen LogP contribution in [0.2, 0.25) is 0 Å². The number of rotatable bonds is 8. The van der Waals surface area contributed by atoms with E-state index in [1.54, 1.807) is 31.2 Å². The lowest BCUT2D eigenvalue weighted by Crippen LogP contribution is -2.33. The van der Waals surface area contributed by atoms with E-state index in [1.165, 1.54) is 23.8 Å². The third kappa shape index (κ3) is 5.36. The molecule has 0 bridgehead atoms. The number of benzene rings is 4. The Morgan fingerprint density at radius 1 is 0.875 bits per heavy atom. The van der Waals surface area contributed by atoms with Gasteiger partial charge in [0.25, 0.3) is 0 Å². The van der Waals surface area contributed by atoms with Gasteiger partial charge in [-0.25, -0.2) is 9.69 Å². The summed E-state index contributed by atoms with van der Waals surface area (Å²) in [7, 11) is 1.53. The highest BCUT2D eigenvalue weighted by Gasteiger charge is 2.57. The maximum absolute atomic E-state index is 14.3. The molecule has 5 aromatic rings. The van der Waals surface area contributed by atoms with Gasteiger partial charge >= 0.3 is 10.8 Å². The summed E-state index contributed by atoms with van der Waals surface area (Å²) in [5, 5.41) is 4.36. The van der Waals surface area contributed by atoms with Crippen molar-refractivity contribution in [3.8, 4) is 5.75 Å². The van der Waals surface area contributed by atoms with Gasteiger partial charge in [-0.15, -0.1) is 0 Å². The van der Waals surface area contributed by atoms with Gasteiger partial charge in [0, 0.05) is 27.4 Å². The summed E-state index contributed by atoms with van der Waals surface area (Å²) in [5.74, 6) is -2.82. The number of methoxy groups -OCH3 is 1. The Kier molecular flexibility index (Phi) is 8.36. The first kappa shape index (κ1) is 31.4. The molecule has 12 heteroatoms. The number of thioether (sulfide) groups is 1. The average Bonchev–Trinajstić information content (AvgIpc) is 3.54. The minimum absolute atomic E-state index is 0.217. The molecule has 1 N–H and O–H groups in total. The van der Waals surface area contributed by atoms with Gasteiger partial charge in [0.05, 0.1) is 35.9 Å².